The van der Waals surface area contributed by atoms with Gasteiger partial charge < -0.3 is 16.2 Å². The van der Waals surface area contributed by atoms with Gasteiger partial charge in [-0.3, -0.25) is 0 Å². The van der Waals surface area contributed by atoms with E-state index in [0.717, 1.165) is 12.8 Å². The molecule has 1 aromatic rings. The maximum atomic E-state index is 6.31. The fourth-order valence-corrected chi connectivity index (χ4v) is 3.17. The summed E-state index contributed by atoms with van der Waals surface area (Å²) in [6.07, 6.45) is 7.01. The molecule has 2 aliphatic rings. The van der Waals surface area contributed by atoms with Crippen molar-refractivity contribution in [2.75, 3.05) is 5.73 Å². The lowest BCUT2D eigenvalue weighted by atomic mass is 9.82. The van der Waals surface area contributed by atoms with Gasteiger partial charge >= 0.3 is 0 Å². The van der Waals surface area contributed by atoms with E-state index in [-0.39, 0.29) is 6.04 Å². The molecule has 4 nitrogen and oxygen atoms in total. The maximum absolute atomic E-state index is 6.31. The van der Waals surface area contributed by atoms with Crippen LogP contribution in [0.4, 0.5) is 5.82 Å². The number of nitrogens with zero attached hydrogens (tertiary/aromatic N) is 1. The van der Waals surface area contributed by atoms with Gasteiger partial charge in [-0.1, -0.05) is 0 Å². The average Bonchev–Trinajstić information content (AvgIpc) is 2.90. The van der Waals surface area contributed by atoms with Crippen molar-refractivity contribution in [2.24, 2.45) is 11.7 Å². The third-order valence-corrected chi connectivity index (χ3v) is 4.02. The fourth-order valence-electron chi connectivity index (χ4n) is 3.17. The number of ether oxygens (including phenoxy) is 1. The summed E-state index contributed by atoms with van der Waals surface area (Å²) >= 11 is 0. The van der Waals surface area contributed by atoms with Crippen LogP contribution in [0.3, 0.4) is 0 Å². The summed E-state index contributed by atoms with van der Waals surface area (Å²) in [7, 11) is 0. The van der Waals surface area contributed by atoms with Gasteiger partial charge in [-0.2, -0.15) is 0 Å². The number of hydrogen-bond donors (Lipinski definition) is 2. The molecular formula is C13H19N3O. The van der Waals surface area contributed by atoms with Crippen LogP contribution < -0.4 is 11.5 Å². The molecule has 0 amide bonds. The molecule has 4 unspecified atom stereocenters. The van der Waals surface area contributed by atoms with E-state index in [9.17, 15) is 0 Å². The van der Waals surface area contributed by atoms with Crippen LogP contribution in [0.5, 0.6) is 0 Å². The predicted molar refractivity (Wildman–Crippen MR) is 66.3 cm³/mol. The molecule has 0 aliphatic carbocycles. The van der Waals surface area contributed by atoms with E-state index in [2.05, 4.69) is 4.98 Å². The van der Waals surface area contributed by atoms with Crippen LogP contribution in [0.25, 0.3) is 0 Å². The Hall–Kier alpha value is -1.13. The first-order valence-electron chi connectivity index (χ1n) is 6.34. The maximum Gasteiger partial charge on any atom is 0.123 e. The van der Waals surface area contributed by atoms with Crippen LogP contribution in [-0.2, 0) is 11.2 Å². The summed E-state index contributed by atoms with van der Waals surface area (Å²) in [5.74, 6) is 1.09. The highest BCUT2D eigenvalue weighted by molar-refractivity contribution is 5.32. The van der Waals surface area contributed by atoms with E-state index in [1.807, 2.05) is 12.1 Å². The minimum atomic E-state index is 0.173. The summed E-state index contributed by atoms with van der Waals surface area (Å²) in [5, 5.41) is 0. The third kappa shape index (κ3) is 2.15. The number of pyridine rings is 1. The summed E-state index contributed by atoms with van der Waals surface area (Å²) in [6, 6.07) is 4.07. The van der Waals surface area contributed by atoms with Crippen molar-refractivity contribution >= 4 is 5.82 Å². The van der Waals surface area contributed by atoms with E-state index in [0.29, 0.717) is 23.9 Å². The van der Waals surface area contributed by atoms with Crippen LogP contribution in [-0.4, -0.2) is 23.2 Å². The second kappa shape index (κ2) is 4.27. The van der Waals surface area contributed by atoms with Crippen LogP contribution in [0, 0.1) is 5.92 Å². The number of nitrogens with two attached hydrogens (primary N) is 2. The van der Waals surface area contributed by atoms with Gasteiger partial charge in [0.2, 0.25) is 0 Å². The quantitative estimate of drug-likeness (QED) is 0.820. The van der Waals surface area contributed by atoms with Crippen molar-refractivity contribution in [3.05, 3.63) is 23.9 Å². The van der Waals surface area contributed by atoms with Crippen molar-refractivity contribution < 1.29 is 4.74 Å². The first-order valence-corrected chi connectivity index (χ1v) is 6.34. The lowest BCUT2D eigenvalue weighted by Crippen LogP contribution is -2.37. The van der Waals surface area contributed by atoms with Crippen LogP contribution in [0.2, 0.25) is 0 Å². The van der Waals surface area contributed by atoms with Gasteiger partial charge in [0.25, 0.3) is 0 Å². The van der Waals surface area contributed by atoms with Gasteiger partial charge in [0.1, 0.15) is 5.82 Å². The fraction of sp³-hybridized carbons (Fsp3) is 0.615. The Balaban J connectivity index is 1.65. The molecule has 0 spiro atoms. The molecule has 4 heteroatoms. The Kier molecular flexibility index (Phi) is 2.76. The smallest absolute Gasteiger partial charge is 0.123 e. The zero-order chi connectivity index (χ0) is 11.8. The Morgan fingerprint density at radius 3 is 3.00 bits per heavy atom. The van der Waals surface area contributed by atoms with Crippen molar-refractivity contribution in [3.63, 3.8) is 0 Å². The molecule has 0 aromatic carbocycles. The highest BCUT2D eigenvalue weighted by Gasteiger charge is 2.43. The normalized spacial score (nSPS) is 32.9. The minimum absolute atomic E-state index is 0.173. The lowest BCUT2D eigenvalue weighted by molar-refractivity contribution is 0.0885. The number of anilines is 1. The largest absolute Gasteiger partial charge is 0.384 e. The number of hydrogen-bond acceptors (Lipinski definition) is 4. The molecule has 0 saturated carbocycles. The molecule has 2 bridgehead atoms. The van der Waals surface area contributed by atoms with Crippen LogP contribution >= 0.6 is 0 Å². The average molecular weight is 233 g/mol. The molecule has 17 heavy (non-hydrogen) atoms. The molecule has 1 aromatic heterocycles. The van der Waals surface area contributed by atoms with E-state index in [1.54, 1.807) is 6.20 Å². The van der Waals surface area contributed by atoms with E-state index >= 15 is 0 Å². The summed E-state index contributed by atoms with van der Waals surface area (Å²) < 4.78 is 5.85. The zero-order valence-electron chi connectivity index (χ0n) is 9.88. The van der Waals surface area contributed by atoms with E-state index in [1.165, 1.54) is 18.4 Å². The van der Waals surface area contributed by atoms with Crippen molar-refractivity contribution in [1.82, 2.24) is 4.98 Å². The molecule has 92 valence electrons. The van der Waals surface area contributed by atoms with E-state index in [4.69, 9.17) is 16.2 Å². The minimum Gasteiger partial charge on any atom is -0.384 e. The van der Waals surface area contributed by atoms with Crippen molar-refractivity contribution in [2.45, 2.75) is 43.9 Å². The Morgan fingerprint density at radius 1 is 1.47 bits per heavy atom. The SMILES string of the molecule is Nc1cc(CC(N)C2CC3CCC2O3)ccn1. The standard InChI is InChI=1S/C13H19N3O/c14-11(5-8-3-4-16-13(15)6-8)10-7-9-1-2-12(10)17-9/h3-4,6,9-12H,1-2,5,7,14H2,(H2,15,16). The summed E-state index contributed by atoms with van der Waals surface area (Å²) in [6.45, 7) is 0. The third-order valence-electron chi connectivity index (χ3n) is 4.02. The predicted octanol–water partition coefficient (Wildman–Crippen LogP) is 1.10. The molecule has 4 N–H and O–H groups in total. The lowest BCUT2D eigenvalue weighted by Gasteiger charge is -2.25. The van der Waals surface area contributed by atoms with Gasteiger partial charge in [-0.15, -0.1) is 0 Å². The number of nitrogen functional groups attached to an aromatic ring is 1. The number of rotatable bonds is 3. The monoisotopic (exact) mass is 233 g/mol. The molecule has 3 heterocycles. The molecule has 4 atom stereocenters. The van der Waals surface area contributed by atoms with Crippen molar-refractivity contribution in [3.8, 4) is 0 Å². The summed E-state index contributed by atoms with van der Waals surface area (Å²) in [4.78, 5) is 4.00. The van der Waals surface area contributed by atoms with Crippen LogP contribution in [0.1, 0.15) is 24.8 Å². The van der Waals surface area contributed by atoms with Crippen LogP contribution in [0.15, 0.2) is 18.3 Å². The second-order valence-electron chi connectivity index (χ2n) is 5.23. The second-order valence-corrected chi connectivity index (χ2v) is 5.23. The number of fused-ring (bicyclic) bond motifs is 2. The van der Waals surface area contributed by atoms with Gasteiger partial charge in [0.05, 0.1) is 12.2 Å². The number of aromatic nitrogens is 1. The topological polar surface area (TPSA) is 74.2 Å². The Bertz CT molecular complexity index is 409. The molecule has 0 radical (unpaired) electrons. The zero-order valence-corrected chi connectivity index (χ0v) is 9.88. The van der Waals surface area contributed by atoms with Gasteiger partial charge in [0, 0.05) is 18.2 Å². The van der Waals surface area contributed by atoms with Gasteiger partial charge in [-0.05, 0) is 43.4 Å². The van der Waals surface area contributed by atoms with Gasteiger partial charge in [0.15, 0.2) is 0 Å². The van der Waals surface area contributed by atoms with E-state index < -0.39 is 0 Å². The highest BCUT2D eigenvalue weighted by Crippen LogP contribution is 2.40. The van der Waals surface area contributed by atoms with Crippen molar-refractivity contribution in [1.29, 1.82) is 0 Å². The first kappa shape index (κ1) is 11.0. The molecule has 2 fully saturated rings. The Labute approximate surface area is 101 Å². The molecule has 2 aliphatic heterocycles. The summed E-state index contributed by atoms with van der Waals surface area (Å²) in [5.41, 5.74) is 13.2. The first-order chi connectivity index (χ1) is 8.22. The highest BCUT2D eigenvalue weighted by atomic mass is 16.5. The Morgan fingerprint density at radius 2 is 2.35 bits per heavy atom. The van der Waals surface area contributed by atoms with Gasteiger partial charge in [-0.25, -0.2) is 4.98 Å². The molecular weight excluding hydrogens is 214 g/mol. The molecule has 3 rings (SSSR count). The molecule has 2 saturated heterocycles.